The van der Waals surface area contributed by atoms with Crippen LogP contribution in [0.25, 0.3) is 0 Å². The van der Waals surface area contributed by atoms with Crippen LogP contribution in [-0.2, 0) is 0 Å². The second-order valence-corrected chi connectivity index (χ2v) is 5.71. The Kier molecular flexibility index (Phi) is 4.77. The number of halogens is 1. The second kappa shape index (κ2) is 5.72. The maximum Gasteiger partial charge on any atom is 0.168 e. The third-order valence-electron chi connectivity index (χ3n) is 2.35. The van der Waals surface area contributed by atoms with Gasteiger partial charge in [-0.05, 0) is 39.0 Å². The SMILES string of the molecule is C[C@H](CO)C(=O)c1ccc(OC(C)(C)C)c(Cl)c1. The van der Waals surface area contributed by atoms with Gasteiger partial charge in [0.25, 0.3) is 0 Å². The molecular formula is C14H19ClO3. The van der Waals surface area contributed by atoms with E-state index in [1.54, 1.807) is 25.1 Å². The van der Waals surface area contributed by atoms with Crippen LogP contribution in [0, 0.1) is 5.92 Å². The van der Waals surface area contributed by atoms with Crippen molar-refractivity contribution in [3.63, 3.8) is 0 Å². The van der Waals surface area contributed by atoms with E-state index in [4.69, 9.17) is 21.4 Å². The largest absolute Gasteiger partial charge is 0.487 e. The Hall–Kier alpha value is -1.06. The molecule has 0 fully saturated rings. The minimum Gasteiger partial charge on any atom is -0.487 e. The Labute approximate surface area is 113 Å². The third kappa shape index (κ3) is 4.00. The Morgan fingerprint density at radius 2 is 2.06 bits per heavy atom. The molecule has 0 heterocycles. The van der Waals surface area contributed by atoms with Crippen molar-refractivity contribution in [1.29, 1.82) is 0 Å². The average Bonchev–Trinajstić information content (AvgIpc) is 2.28. The number of carbonyl (C=O) groups excluding carboxylic acids is 1. The molecule has 0 saturated carbocycles. The number of ether oxygens (including phenoxy) is 1. The van der Waals surface area contributed by atoms with Crippen LogP contribution in [0.1, 0.15) is 38.1 Å². The third-order valence-corrected chi connectivity index (χ3v) is 2.65. The second-order valence-electron chi connectivity index (χ2n) is 5.31. The van der Waals surface area contributed by atoms with Crippen molar-refractivity contribution in [2.24, 2.45) is 5.92 Å². The first-order valence-corrected chi connectivity index (χ1v) is 6.26. The molecule has 1 aromatic carbocycles. The molecule has 1 N–H and O–H groups in total. The van der Waals surface area contributed by atoms with Crippen molar-refractivity contribution >= 4 is 17.4 Å². The van der Waals surface area contributed by atoms with Crippen LogP contribution in [-0.4, -0.2) is 23.1 Å². The van der Waals surface area contributed by atoms with E-state index in [-0.39, 0.29) is 18.0 Å². The predicted molar refractivity (Wildman–Crippen MR) is 72.4 cm³/mol. The molecule has 100 valence electrons. The first kappa shape index (κ1) is 15.0. The van der Waals surface area contributed by atoms with Gasteiger partial charge in [-0.25, -0.2) is 0 Å². The van der Waals surface area contributed by atoms with Gasteiger partial charge >= 0.3 is 0 Å². The molecule has 0 saturated heterocycles. The summed E-state index contributed by atoms with van der Waals surface area (Å²) in [4.78, 5) is 11.9. The summed E-state index contributed by atoms with van der Waals surface area (Å²) in [5.41, 5.74) is 0.149. The Bertz CT molecular complexity index is 435. The highest BCUT2D eigenvalue weighted by Gasteiger charge is 2.18. The van der Waals surface area contributed by atoms with E-state index >= 15 is 0 Å². The minimum atomic E-state index is -0.421. The fourth-order valence-electron chi connectivity index (χ4n) is 1.43. The highest BCUT2D eigenvalue weighted by atomic mass is 35.5. The van der Waals surface area contributed by atoms with Crippen LogP contribution >= 0.6 is 11.6 Å². The fraction of sp³-hybridized carbons (Fsp3) is 0.500. The van der Waals surface area contributed by atoms with E-state index in [2.05, 4.69) is 0 Å². The first-order valence-electron chi connectivity index (χ1n) is 5.88. The molecule has 0 unspecified atom stereocenters. The van der Waals surface area contributed by atoms with Crippen LogP contribution < -0.4 is 4.74 Å². The maximum atomic E-state index is 11.9. The summed E-state index contributed by atoms with van der Waals surface area (Å²) in [6.07, 6.45) is 0. The van der Waals surface area contributed by atoms with Gasteiger partial charge in [-0.2, -0.15) is 0 Å². The molecule has 0 aliphatic carbocycles. The molecule has 0 aliphatic heterocycles. The Morgan fingerprint density at radius 1 is 1.44 bits per heavy atom. The quantitative estimate of drug-likeness (QED) is 0.854. The molecule has 0 bridgehead atoms. The smallest absolute Gasteiger partial charge is 0.168 e. The van der Waals surface area contributed by atoms with Crippen molar-refractivity contribution in [3.8, 4) is 5.75 Å². The van der Waals surface area contributed by atoms with E-state index in [9.17, 15) is 4.79 Å². The average molecular weight is 271 g/mol. The van der Waals surface area contributed by atoms with Gasteiger partial charge in [0.15, 0.2) is 5.78 Å². The fourth-order valence-corrected chi connectivity index (χ4v) is 1.65. The number of hydrogen-bond donors (Lipinski definition) is 1. The summed E-state index contributed by atoms with van der Waals surface area (Å²) in [6, 6.07) is 4.93. The van der Waals surface area contributed by atoms with Gasteiger partial charge in [0.2, 0.25) is 0 Å². The van der Waals surface area contributed by atoms with Crippen LogP contribution in [0.15, 0.2) is 18.2 Å². The maximum absolute atomic E-state index is 11.9. The topological polar surface area (TPSA) is 46.5 Å². The van der Waals surface area contributed by atoms with Gasteiger partial charge in [0.05, 0.1) is 11.6 Å². The Morgan fingerprint density at radius 3 is 2.50 bits per heavy atom. The van der Waals surface area contributed by atoms with E-state index in [1.807, 2.05) is 20.8 Å². The standard InChI is InChI=1S/C14H19ClO3/c1-9(8-16)13(17)10-5-6-12(11(15)7-10)18-14(2,3)4/h5-7,9,16H,8H2,1-4H3/t9-/m1/s1. The van der Waals surface area contributed by atoms with Gasteiger partial charge in [-0.1, -0.05) is 18.5 Å². The minimum absolute atomic E-state index is 0.123. The summed E-state index contributed by atoms with van der Waals surface area (Å²) in [6.45, 7) is 7.29. The first-order chi connectivity index (χ1) is 8.24. The van der Waals surface area contributed by atoms with Crippen molar-refractivity contribution in [2.75, 3.05) is 6.61 Å². The van der Waals surface area contributed by atoms with Gasteiger partial charge in [0.1, 0.15) is 11.4 Å². The molecule has 0 aliphatic rings. The van der Waals surface area contributed by atoms with Crippen molar-refractivity contribution < 1.29 is 14.6 Å². The Balaban J connectivity index is 2.96. The molecule has 0 amide bonds. The zero-order valence-electron chi connectivity index (χ0n) is 11.2. The number of hydrogen-bond acceptors (Lipinski definition) is 3. The molecule has 1 atom stereocenters. The molecule has 18 heavy (non-hydrogen) atoms. The lowest BCUT2D eigenvalue weighted by molar-refractivity contribution is 0.0877. The molecular weight excluding hydrogens is 252 g/mol. The molecule has 0 aromatic heterocycles. The normalized spacial score (nSPS) is 13.2. The molecule has 4 heteroatoms. The summed E-state index contributed by atoms with van der Waals surface area (Å²) in [5.74, 6) is 0.00882. The molecule has 0 radical (unpaired) electrons. The van der Waals surface area contributed by atoms with Gasteiger partial charge in [0, 0.05) is 11.5 Å². The van der Waals surface area contributed by atoms with Crippen molar-refractivity contribution in [3.05, 3.63) is 28.8 Å². The van der Waals surface area contributed by atoms with Crippen molar-refractivity contribution in [1.82, 2.24) is 0 Å². The molecule has 1 rings (SSSR count). The van der Waals surface area contributed by atoms with E-state index in [0.717, 1.165) is 0 Å². The monoisotopic (exact) mass is 270 g/mol. The van der Waals surface area contributed by atoms with Gasteiger partial charge in [-0.3, -0.25) is 4.79 Å². The van der Waals surface area contributed by atoms with E-state index in [1.165, 1.54) is 0 Å². The number of rotatable bonds is 4. The number of aliphatic hydroxyl groups excluding tert-OH is 1. The van der Waals surface area contributed by atoms with E-state index in [0.29, 0.717) is 16.3 Å². The molecule has 1 aromatic rings. The molecule has 3 nitrogen and oxygen atoms in total. The number of Topliss-reactive ketones (excluding diaryl/α,β-unsaturated/α-hetero) is 1. The lowest BCUT2D eigenvalue weighted by Gasteiger charge is -2.22. The summed E-state index contributed by atoms with van der Waals surface area (Å²) in [7, 11) is 0. The van der Waals surface area contributed by atoms with Crippen molar-refractivity contribution in [2.45, 2.75) is 33.3 Å². The lowest BCUT2D eigenvalue weighted by Crippen LogP contribution is -2.23. The number of benzene rings is 1. The highest BCUT2D eigenvalue weighted by Crippen LogP contribution is 2.29. The molecule has 0 spiro atoms. The highest BCUT2D eigenvalue weighted by molar-refractivity contribution is 6.32. The van der Waals surface area contributed by atoms with Crippen LogP contribution in [0.4, 0.5) is 0 Å². The van der Waals surface area contributed by atoms with Gasteiger partial charge in [-0.15, -0.1) is 0 Å². The van der Waals surface area contributed by atoms with Crippen LogP contribution in [0.3, 0.4) is 0 Å². The van der Waals surface area contributed by atoms with E-state index < -0.39 is 5.92 Å². The summed E-state index contributed by atoms with van der Waals surface area (Å²) in [5, 5.41) is 9.37. The van der Waals surface area contributed by atoms with Crippen LogP contribution in [0.2, 0.25) is 5.02 Å². The number of carbonyl (C=O) groups is 1. The predicted octanol–water partition coefficient (Wildman–Crippen LogP) is 3.33. The summed E-state index contributed by atoms with van der Waals surface area (Å²) >= 11 is 6.09. The zero-order chi connectivity index (χ0) is 13.9. The van der Waals surface area contributed by atoms with Gasteiger partial charge < -0.3 is 9.84 Å². The van der Waals surface area contributed by atoms with Crippen LogP contribution in [0.5, 0.6) is 5.75 Å². The zero-order valence-corrected chi connectivity index (χ0v) is 11.9. The number of aliphatic hydroxyl groups is 1. The number of ketones is 1. The lowest BCUT2D eigenvalue weighted by atomic mass is 10.00. The summed E-state index contributed by atoms with van der Waals surface area (Å²) < 4.78 is 5.66.